The fourth-order valence-corrected chi connectivity index (χ4v) is 1.78. The van der Waals surface area contributed by atoms with Gasteiger partial charge < -0.3 is 4.74 Å². The quantitative estimate of drug-likeness (QED) is 0.605. The summed E-state index contributed by atoms with van der Waals surface area (Å²) in [4.78, 5) is 11.6. The van der Waals surface area contributed by atoms with Gasteiger partial charge in [0.15, 0.2) is 6.61 Å². The molecule has 0 bridgehead atoms. The number of amides is 1. The summed E-state index contributed by atoms with van der Waals surface area (Å²) in [6.45, 7) is 5.97. The summed E-state index contributed by atoms with van der Waals surface area (Å²) in [5, 5.41) is 4.04. The van der Waals surface area contributed by atoms with E-state index in [0.717, 1.165) is 35.0 Å². The first-order valence-electron chi connectivity index (χ1n) is 6.74. The van der Waals surface area contributed by atoms with Crippen molar-refractivity contribution in [1.29, 1.82) is 0 Å². The van der Waals surface area contributed by atoms with Crippen LogP contribution in [0.5, 0.6) is 5.75 Å². The number of rotatable bonds is 7. The van der Waals surface area contributed by atoms with Crippen molar-refractivity contribution in [2.24, 2.45) is 5.10 Å². The van der Waals surface area contributed by atoms with E-state index in [4.69, 9.17) is 4.74 Å². The molecule has 0 aromatic heterocycles. The Hall–Kier alpha value is -1.36. The van der Waals surface area contributed by atoms with Gasteiger partial charge in [0.05, 0.1) is 0 Å². The number of nitrogens with one attached hydrogen (secondary N) is 1. The third-order valence-corrected chi connectivity index (χ3v) is 3.65. The fraction of sp³-hybridized carbons (Fsp3) is 0.467. The molecule has 1 N–H and O–H groups in total. The third-order valence-electron chi connectivity index (χ3n) is 2.76. The van der Waals surface area contributed by atoms with Crippen molar-refractivity contribution in [3.8, 4) is 5.75 Å². The Labute approximate surface area is 128 Å². The molecule has 4 nitrogen and oxygen atoms in total. The second-order valence-corrected chi connectivity index (χ2v) is 5.54. The maximum atomic E-state index is 11.6. The number of unbranched alkanes of at least 4 members (excludes halogenated alkanes) is 1. The molecule has 0 saturated heterocycles. The summed E-state index contributed by atoms with van der Waals surface area (Å²) in [5.41, 5.74) is 4.50. The minimum absolute atomic E-state index is 0.0361. The van der Waals surface area contributed by atoms with E-state index in [9.17, 15) is 4.79 Å². The van der Waals surface area contributed by atoms with E-state index in [1.54, 1.807) is 0 Å². The predicted octanol–water partition coefficient (Wildman–Crippen LogP) is 3.82. The summed E-state index contributed by atoms with van der Waals surface area (Å²) in [6, 6.07) is 5.60. The number of halogens is 1. The van der Waals surface area contributed by atoms with Gasteiger partial charge >= 0.3 is 0 Å². The van der Waals surface area contributed by atoms with E-state index in [0.29, 0.717) is 5.75 Å². The lowest BCUT2D eigenvalue weighted by Crippen LogP contribution is -2.25. The molecule has 0 atom stereocenters. The van der Waals surface area contributed by atoms with Crippen molar-refractivity contribution in [1.82, 2.24) is 5.43 Å². The van der Waals surface area contributed by atoms with Crippen molar-refractivity contribution < 1.29 is 9.53 Å². The molecule has 0 aliphatic heterocycles. The van der Waals surface area contributed by atoms with Crippen LogP contribution in [0.15, 0.2) is 27.8 Å². The molecule has 1 rings (SSSR count). The molecule has 0 unspecified atom stereocenters. The van der Waals surface area contributed by atoms with Crippen molar-refractivity contribution in [2.45, 2.75) is 40.0 Å². The molecular weight excluding hydrogens is 320 g/mol. The lowest BCUT2D eigenvalue weighted by molar-refractivity contribution is -0.123. The van der Waals surface area contributed by atoms with Crippen LogP contribution in [0.4, 0.5) is 0 Å². The average Bonchev–Trinajstić information content (AvgIpc) is 2.44. The number of carbonyl (C=O) groups is 1. The minimum atomic E-state index is -0.249. The lowest BCUT2D eigenvalue weighted by atomic mass is 10.2. The maximum absolute atomic E-state index is 11.6. The Morgan fingerprint density at radius 2 is 2.20 bits per heavy atom. The summed E-state index contributed by atoms with van der Waals surface area (Å²) in [6.07, 6.45) is 3.11. The summed E-state index contributed by atoms with van der Waals surface area (Å²) in [5.74, 6) is 0.425. The van der Waals surface area contributed by atoms with Gasteiger partial charge in [-0.25, -0.2) is 5.43 Å². The standard InChI is InChI=1S/C15H21BrN2O2/c1-4-5-6-12(3)17-18-15(19)10-20-13-7-8-14(16)11(2)9-13/h7-9H,4-6,10H2,1-3H3,(H,18,19). The molecule has 1 aromatic rings. The number of benzene rings is 1. The number of aryl methyl sites for hydroxylation is 1. The van der Waals surface area contributed by atoms with Gasteiger partial charge in [-0.1, -0.05) is 29.3 Å². The van der Waals surface area contributed by atoms with E-state index in [1.165, 1.54) is 0 Å². The number of hydrazone groups is 1. The highest BCUT2D eigenvalue weighted by molar-refractivity contribution is 9.10. The first-order chi connectivity index (χ1) is 9.52. The van der Waals surface area contributed by atoms with Gasteiger partial charge in [0.2, 0.25) is 0 Å². The van der Waals surface area contributed by atoms with Crippen molar-refractivity contribution in [2.75, 3.05) is 6.61 Å². The molecule has 20 heavy (non-hydrogen) atoms. The Morgan fingerprint density at radius 1 is 1.45 bits per heavy atom. The Bertz CT molecular complexity index is 487. The molecule has 0 spiro atoms. The molecule has 110 valence electrons. The second-order valence-electron chi connectivity index (χ2n) is 4.69. The fourth-order valence-electron chi connectivity index (χ4n) is 1.53. The lowest BCUT2D eigenvalue weighted by Gasteiger charge is -2.07. The largest absolute Gasteiger partial charge is 0.484 e. The second kappa shape index (κ2) is 8.74. The normalized spacial score (nSPS) is 11.3. The minimum Gasteiger partial charge on any atom is -0.484 e. The van der Waals surface area contributed by atoms with E-state index in [2.05, 4.69) is 33.4 Å². The van der Waals surface area contributed by atoms with Crippen LogP contribution in [-0.4, -0.2) is 18.2 Å². The molecule has 0 heterocycles. The molecule has 1 aromatic carbocycles. The monoisotopic (exact) mass is 340 g/mol. The van der Waals surface area contributed by atoms with E-state index < -0.39 is 0 Å². The zero-order chi connectivity index (χ0) is 15.0. The molecule has 1 amide bonds. The van der Waals surface area contributed by atoms with Crippen LogP contribution in [0.3, 0.4) is 0 Å². The summed E-state index contributed by atoms with van der Waals surface area (Å²) >= 11 is 3.42. The first-order valence-corrected chi connectivity index (χ1v) is 7.53. The van der Waals surface area contributed by atoms with Gasteiger partial charge in [-0.3, -0.25) is 4.79 Å². The topological polar surface area (TPSA) is 50.7 Å². The molecule has 0 fully saturated rings. The molecular formula is C15H21BrN2O2. The number of nitrogens with zero attached hydrogens (tertiary/aromatic N) is 1. The van der Waals surface area contributed by atoms with Crippen LogP contribution in [-0.2, 0) is 4.79 Å². The Balaban J connectivity index is 2.37. The Morgan fingerprint density at radius 3 is 2.85 bits per heavy atom. The third kappa shape index (κ3) is 6.19. The SMILES string of the molecule is CCCCC(C)=NNC(=O)COc1ccc(Br)c(C)c1. The average molecular weight is 341 g/mol. The molecule has 0 saturated carbocycles. The van der Waals surface area contributed by atoms with E-state index in [1.807, 2.05) is 32.0 Å². The van der Waals surface area contributed by atoms with Crippen LogP contribution in [0.25, 0.3) is 0 Å². The number of ether oxygens (including phenoxy) is 1. The summed E-state index contributed by atoms with van der Waals surface area (Å²) < 4.78 is 6.43. The zero-order valence-electron chi connectivity index (χ0n) is 12.2. The van der Waals surface area contributed by atoms with Gasteiger partial charge in [-0.2, -0.15) is 5.10 Å². The molecule has 0 radical (unpaired) electrons. The van der Waals surface area contributed by atoms with Crippen molar-refractivity contribution in [3.63, 3.8) is 0 Å². The predicted molar refractivity (Wildman–Crippen MR) is 85.2 cm³/mol. The highest BCUT2D eigenvalue weighted by Crippen LogP contribution is 2.21. The van der Waals surface area contributed by atoms with E-state index >= 15 is 0 Å². The molecule has 0 aliphatic rings. The van der Waals surface area contributed by atoms with Gasteiger partial charge in [-0.05, 0) is 50.5 Å². The Kier molecular flexibility index (Phi) is 7.30. The maximum Gasteiger partial charge on any atom is 0.277 e. The smallest absolute Gasteiger partial charge is 0.277 e. The number of carbonyl (C=O) groups excluding carboxylic acids is 1. The molecule has 5 heteroatoms. The van der Waals surface area contributed by atoms with Crippen LogP contribution in [0, 0.1) is 6.92 Å². The highest BCUT2D eigenvalue weighted by Gasteiger charge is 2.03. The van der Waals surface area contributed by atoms with E-state index in [-0.39, 0.29) is 12.5 Å². The van der Waals surface area contributed by atoms with Gasteiger partial charge in [-0.15, -0.1) is 0 Å². The number of hydrogen-bond donors (Lipinski definition) is 1. The van der Waals surface area contributed by atoms with Crippen molar-refractivity contribution in [3.05, 3.63) is 28.2 Å². The highest BCUT2D eigenvalue weighted by atomic mass is 79.9. The van der Waals surface area contributed by atoms with Gasteiger partial charge in [0.1, 0.15) is 5.75 Å². The van der Waals surface area contributed by atoms with Crippen LogP contribution in [0.2, 0.25) is 0 Å². The van der Waals surface area contributed by atoms with Crippen LogP contribution < -0.4 is 10.2 Å². The van der Waals surface area contributed by atoms with Gasteiger partial charge in [0.25, 0.3) is 5.91 Å². The zero-order valence-corrected chi connectivity index (χ0v) is 13.8. The number of hydrogen-bond acceptors (Lipinski definition) is 3. The van der Waals surface area contributed by atoms with Crippen LogP contribution >= 0.6 is 15.9 Å². The van der Waals surface area contributed by atoms with Crippen molar-refractivity contribution >= 4 is 27.5 Å². The molecule has 0 aliphatic carbocycles. The first kappa shape index (κ1) is 16.7. The van der Waals surface area contributed by atoms with Gasteiger partial charge in [0, 0.05) is 10.2 Å². The summed E-state index contributed by atoms with van der Waals surface area (Å²) in [7, 11) is 0. The van der Waals surface area contributed by atoms with Crippen LogP contribution in [0.1, 0.15) is 38.7 Å².